The third-order valence-corrected chi connectivity index (χ3v) is 4.99. The van der Waals surface area contributed by atoms with E-state index in [0.717, 1.165) is 30.6 Å². The minimum absolute atomic E-state index is 0.0635. The van der Waals surface area contributed by atoms with Gasteiger partial charge in [0.2, 0.25) is 5.91 Å². The Morgan fingerprint density at radius 3 is 2.76 bits per heavy atom. The molecule has 5 nitrogen and oxygen atoms in total. The van der Waals surface area contributed by atoms with E-state index < -0.39 is 0 Å². The zero-order valence-electron chi connectivity index (χ0n) is 14.6. The van der Waals surface area contributed by atoms with Crippen LogP contribution in [0.4, 0.5) is 5.69 Å². The zero-order chi connectivity index (χ0) is 17.8. The van der Waals surface area contributed by atoms with Crippen LogP contribution in [-0.4, -0.2) is 28.0 Å². The van der Waals surface area contributed by atoms with E-state index >= 15 is 0 Å². The van der Waals surface area contributed by atoms with Gasteiger partial charge in [-0.1, -0.05) is 30.3 Å². The first-order valence-electron chi connectivity index (χ1n) is 8.81. The van der Waals surface area contributed by atoms with Crippen molar-refractivity contribution < 1.29 is 4.79 Å². The summed E-state index contributed by atoms with van der Waals surface area (Å²) in [6.07, 6.45) is 3.87. The van der Waals surface area contributed by atoms with Crippen molar-refractivity contribution in [3.63, 3.8) is 0 Å². The number of rotatable bonds is 4. The number of carbonyl (C=O) groups excluding carboxylic acids is 1. The second kappa shape index (κ2) is 7.43. The average molecular weight is 336 g/mol. The topological polar surface area (TPSA) is 75.0 Å². The lowest BCUT2D eigenvalue weighted by atomic mass is 10.0. The van der Waals surface area contributed by atoms with Crippen molar-refractivity contribution in [3.05, 3.63) is 53.3 Å². The molecular weight excluding hydrogens is 312 g/mol. The summed E-state index contributed by atoms with van der Waals surface area (Å²) in [5.74, 6) is 0.0635. The summed E-state index contributed by atoms with van der Waals surface area (Å²) in [6, 6.07) is 14.1. The normalized spacial score (nSPS) is 17.3. The van der Waals surface area contributed by atoms with Crippen molar-refractivity contribution in [2.45, 2.75) is 45.2 Å². The molecule has 25 heavy (non-hydrogen) atoms. The van der Waals surface area contributed by atoms with Gasteiger partial charge in [0.25, 0.3) is 0 Å². The number of amides is 1. The summed E-state index contributed by atoms with van der Waals surface area (Å²) in [6.45, 7) is 3.07. The summed E-state index contributed by atoms with van der Waals surface area (Å²) in [5, 5.41) is 9.45. The molecule has 1 aliphatic heterocycles. The van der Waals surface area contributed by atoms with Gasteiger partial charge in [-0.25, -0.2) is 0 Å². The molecule has 0 unspecified atom stereocenters. The number of hydrogen-bond acceptors (Lipinski definition) is 3. The molecule has 0 saturated carbocycles. The highest BCUT2D eigenvalue weighted by atomic mass is 16.2. The fourth-order valence-electron chi connectivity index (χ4n) is 3.56. The number of nitrogen functional groups attached to an aromatic ring is 1. The van der Waals surface area contributed by atoms with Gasteiger partial charge in [-0.2, -0.15) is 5.26 Å². The molecule has 0 radical (unpaired) electrons. The monoisotopic (exact) mass is 336 g/mol. The summed E-state index contributed by atoms with van der Waals surface area (Å²) in [7, 11) is 0. The Balaban J connectivity index is 1.87. The standard InChI is InChI=1S/C20H24N4O/c1-15-7-5-6-10-23(15)20(25)14-24-17(13-21)12-18(22)19(24)11-16-8-3-2-4-9-16/h2-4,8-9,12,15H,5-7,10-11,14,22H2,1H3/t15-/m0/s1. The predicted molar refractivity (Wildman–Crippen MR) is 97.8 cm³/mol. The first-order valence-corrected chi connectivity index (χ1v) is 8.81. The largest absolute Gasteiger partial charge is 0.397 e. The molecular formula is C20H24N4O. The molecule has 1 amide bonds. The van der Waals surface area contributed by atoms with Gasteiger partial charge in [-0.3, -0.25) is 4.79 Å². The Morgan fingerprint density at radius 1 is 1.32 bits per heavy atom. The minimum atomic E-state index is 0.0635. The van der Waals surface area contributed by atoms with Gasteiger partial charge in [-0.15, -0.1) is 0 Å². The van der Waals surface area contributed by atoms with E-state index in [1.807, 2.05) is 35.2 Å². The molecule has 2 aromatic rings. The van der Waals surface area contributed by atoms with E-state index in [2.05, 4.69) is 13.0 Å². The summed E-state index contributed by atoms with van der Waals surface area (Å²) >= 11 is 0. The third-order valence-electron chi connectivity index (χ3n) is 4.99. The molecule has 3 rings (SSSR count). The van der Waals surface area contributed by atoms with E-state index in [9.17, 15) is 10.1 Å². The van der Waals surface area contributed by atoms with Crippen LogP contribution in [0.3, 0.4) is 0 Å². The Kier molecular flexibility index (Phi) is 5.08. The van der Waals surface area contributed by atoms with Gasteiger partial charge in [0.1, 0.15) is 18.3 Å². The van der Waals surface area contributed by atoms with Crippen LogP contribution in [-0.2, 0) is 17.8 Å². The van der Waals surface area contributed by atoms with Crippen LogP contribution in [0.5, 0.6) is 0 Å². The van der Waals surface area contributed by atoms with Crippen LogP contribution in [0, 0.1) is 11.3 Å². The van der Waals surface area contributed by atoms with Gasteiger partial charge in [-0.05, 0) is 37.8 Å². The summed E-state index contributed by atoms with van der Waals surface area (Å²) in [5.41, 5.74) is 9.11. The fourth-order valence-corrected chi connectivity index (χ4v) is 3.56. The number of aromatic nitrogens is 1. The van der Waals surface area contributed by atoms with E-state index in [0.29, 0.717) is 17.8 Å². The van der Waals surface area contributed by atoms with Crippen molar-refractivity contribution in [2.75, 3.05) is 12.3 Å². The van der Waals surface area contributed by atoms with E-state index in [4.69, 9.17) is 5.73 Å². The van der Waals surface area contributed by atoms with E-state index in [1.54, 1.807) is 10.6 Å². The van der Waals surface area contributed by atoms with Crippen LogP contribution in [0.2, 0.25) is 0 Å². The highest BCUT2D eigenvalue weighted by Gasteiger charge is 2.25. The van der Waals surface area contributed by atoms with Crippen LogP contribution in [0.1, 0.15) is 43.1 Å². The van der Waals surface area contributed by atoms with Crippen LogP contribution in [0.25, 0.3) is 0 Å². The molecule has 5 heteroatoms. The van der Waals surface area contributed by atoms with Gasteiger partial charge >= 0.3 is 0 Å². The molecule has 2 heterocycles. The van der Waals surface area contributed by atoms with Gasteiger partial charge in [0, 0.05) is 24.7 Å². The lowest BCUT2D eigenvalue weighted by Gasteiger charge is -2.33. The average Bonchev–Trinajstić information content (AvgIpc) is 2.91. The number of nitrogens with zero attached hydrogens (tertiary/aromatic N) is 3. The van der Waals surface area contributed by atoms with Gasteiger partial charge < -0.3 is 15.2 Å². The zero-order valence-corrected chi connectivity index (χ0v) is 14.6. The lowest BCUT2D eigenvalue weighted by Crippen LogP contribution is -2.43. The van der Waals surface area contributed by atoms with Crippen LogP contribution in [0.15, 0.2) is 36.4 Å². The molecule has 1 aliphatic rings. The van der Waals surface area contributed by atoms with E-state index in [1.165, 1.54) is 6.42 Å². The van der Waals surface area contributed by atoms with Crippen molar-refractivity contribution in [2.24, 2.45) is 0 Å². The summed E-state index contributed by atoms with van der Waals surface area (Å²) < 4.78 is 1.78. The first kappa shape index (κ1) is 17.1. The Hall–Kier alpha value is -2.74. The molecule has 1 aromatic heterocycles. The third kappa shape index (κ3) is 3.69. The summed E-state index contributed by atoms with van der Waals surface area (Å²) in [4.78, 5) is 14.8. The molecule has 130 valence electrons. The molecule has 1 atom stereocenters. The minimum Gasteiger partial charge on any atom is -0.397 e. The molecule has 1 aromatic carbocycles. The van der Waals surface area contributed by atoms with Crippen molar-refractivity contribution in [1.29, 1.82) is 5.26 Å². The number of piperidine rings is 1. The number of nitriles is 1. The second-order valence-corrected chi connectivity index (χ2v) is 6.72. The molecule has 0 aliphatic carbocycles. The number of nitrogens with two attached hydrogens (primary N) is 1. The van der Waals surface area contributed by atoms with Gasteiger partial charge in [0.05, 0.1) is 5.69 Å². The fraction of sp³-hybridized carbons (Fsp3) is 0.400. The number of anilines is 1. The molecule has 1 fully saturated rings. The van der Waals surface area contributed by atoms with Crippen molar-refractivity contribution in [3.8, 4) is 6.07 Å². The number of benzene rings is 1. The predicted octanol–water partition coefficient (Wildman–Crippen LogP) is 2.93. The molecule has 1 saturated heterocycles. The van der Waals surface area contributed by atoms with Gasteiger partial charge in [0.15, 0.2) is 0 Å². The molecule has 0 spiro atoms. The van der Waals surface area contributed by atoms with Crippen molar-refractivity contribution in [1.82, 2.24) is 9.47 Å². The van der Waals surface area contributed by atoms with Crippen LogP contribution < -0.4 is 5.73 Å². The maximum absolute atomic E-state index is 12.8. The quantitative estimate of drug-likeness (QED) is 0.933. The highest BCUT2D eigenvalue weighted by molar-refractivity contribution is 5.77. The maximum atomic E-state index is 12.8. The number of carbonyl (C=O) groups is 1. The maximum Gasteiger partial charge on any atom is 0.242 e. The molecule has 0 bridgehead atoms. The Morgan fingerprint density at radius 2 is 2.08 bits per heavy atom. The highest BCUT2D eigenvalue weighted by Crippen LogP contribution is 2.23. The van der Waals surface area contributed by atoms with Crippen LogP contribution >= 0.6 is 0 Å². The van der Waals surface area contributed by atoms with E-state index in [-0.39, 0.29) is 18.5 Å². The number of hydrogen-bond donors (Lipinski definition) is 1. The SMILES string of the molecule is C[C@H]1CCCCN1C(=O)Cn1c(C#N)cc(N)c1Cc1ccccc1. The molecule has 2 N–H and O–H groups in total. The Labute approximate surface area is 148 Å². The van der Waals surface area contributed by atoms with Crippen molar-refractivity contribution >= 4 is 11.6 Å². The lowest BCUT2D eigenvalue weighted by molar-refractivity contribution is -0.135. The second-order valence-electron chi connectivity index (χ2n) is 6.72. The smallest absolute Gasteiger partial charge is 0.242 e. The number of likely N-dealkylation sites (tertiary alicyclic amines) is 1. The Bertz CT molecular complexity index is 788. The first-order chi connectivity index (χ1) is 12.1.